The third-order valence-corrected chi connectivity index (χ3v) is 5.14. The van der Waals surface area contributed by atoms with Crippen molar-refractivity contribution in [3.8, 4) is 0 Å². The Morgan fingerprint density at radius 2 is 2.10 bits per heavy atom. The monoisotopic (exact) mass is 415 g/mol. The lowest BCUT2D eigenvalue weighted by Crippen LogP contribution is -2.51. The van der Waals surface area contributed by atoms with Crippen molar-refractivity contribution in [3.05, 3.63) is 36.3 Å². The van der Waals surface area contributed by atoms with Gasteiger partial charge in [0.05, 0.1) is 18.8 Å². The maximum atomic E-state index is 14.0. The molecular weight excluding hydrogens is 389 g/mol. The number of hydrogen-bond donors (Lipinski definition) is 3. The van der Waals surface area contributed by atoms with Crippen LogP contribution < -0.4 is 20.9 Å². The van der Waals surface area contributed by atoms with Gasteiger partial charge in [-0.05, 0) is 25.1 Å². The SMILES string of the molecule is CCOC(=O)N1CCN(c2cccc(Nc3ncc(F)c(NC4CNC4)n3)c2)CC1. The predicted molar refractivity (Wildman–Crippen MR) is 113 cm³/mol. The zero-order chi connectivity index (χ0) is 20.9. The third-order valence-electron chi connectivity index (χ3n) is 5.14. The minimum Gasteiger partial charge on any atom is -0.450 e. The lowest BCUT2D eigenvalue weighted by molar-refractivity contribution is 0.105. The van der Waals surface area contributed by atoms with Crippen molar-refractivity contribution in [3.63, 3.8) is 0 Å². The first-order valence-corrected chi connectivity index (χ1v) is 10.2. The molecule has 2 aliphatic heterocycles. The van der Waals surface area contributed by atoms with Crippen LogP contribution in [-0.4, -0.2) is 72.9 Å². The van der Waals surface area contributed by atoms with Crippen LogP contribution in [0.5, 0.6) is 0 Å². The van der Waals surface area contributed by atoms with Gasteiger partial charge in [0, 0.05) is 50.6 Å². The van der Waals surface area contributed by atoms with Crippen molar-refractivity contribution in [2.45, 2.75) is 13.0 Å². The average Bonchev–Trinajstić information content (AvgIpc) is 2.73. The molecule has 3 heterocycles. The zero-order valence-electron chi connectivity index (χ0n) is 16.9. The summed E-state index contributed by atoms with van der Waals surface area (Å²) >= 11 is 0. The number of amides is 1. The molecule has 2 saturated heterocycles. The number of carbonyl (C=O) groups is 1. The van der Waals surface area contributed by atoms with Gasteiger partial charge in [0.25, 0.3) is 0 Å². The summed E-state index contributed by atoms with van der Waals surface area (Å²) < 4.78 is 19.1. The van der Waals surface area contributed by atoms with Crippen LogP contribution in [0.3, 0.4) is 0 Å². The molecule has 1 aromatic carbocycles. The van der Waals surface area contributed by atoms with Crippen LogP contribution in [0.2, 0.25) is 0 Å². The van der Waals surface area contributed by atoms with E-state index in [4.69, 9.17) is 4.74 Å². The summed E-state index contributed by atoms with van der Waals surface area (Å²) in [7, 11) is 0. The summed E-state index contributed by atoms with van der Waals surface area (Å²) in [6, 6.07) is 8.05. The Kier molecular flexibility index (Phi) is 6.12. The molecule has 3 N–H and O–H groups in total. The van der Waals surface area contributed by atoms with Gasteiger partial charge in [0.15, 0.2) is 11.6 Å². The highest BCUT2D eigenvalue weighted by Crippen LogP contribution is 2.24. The van der Waals surface area contributed by atoms with Gasteiger partial charge in [0.1, 0.15) is 0 Å². The molecular formula is C20H26FN7O2. The summed E-state index contributed by atoms with van der Waals surface area (Å²) in [5.41, 5.74) is 1.84. The van der Waals surface area contributed by atoms with E-state index in [0.717, 1.165) is 37.6 Å². The Hall–Kier alpha value is -3.14. The molecule has 0 aliphatic carbocycles. The summed E-state index contributed by atoms with van der Waals surface area (Å²) in [4.78, 5) is 24.1. The maximum absolute atomic E-state index is 14.0. The van der Waals surface area contributed by atoms with Crippen LogP contribution in [-0.2, 0) is 4.74 Å². The quantitative estimate of drug-likeness (QED) is 0.660. The molecule has 0 radical (unpaired) electrons. The van der Waals surface area contributed by atoms with Gasteiger partial charge in [-0.15, -0.1) is 0 Å². The number of hydrogen-bond acceptors (Lipinski definition) is 8. The molecule has 0 unspecified atom stereocenters. The predicted octanol–water partition coefficient (Wildman–Crippen LogP) is 2.02. The van der Waals surface area contributed by atoms with Gasteiger partial charge in [-0.2, -0.15) is 4.98 Å². The molecule has 160 valence electrons. The van der Waals surface area contributed by atoms with E-state index in [2.05, 4.69) is 30.8 Å². The highest BCUT2D eigenvalue weighted by Gasteiger charge is 2.22. The third kappa shape index (κ3) is 4.70. The van der Waals surface area contributed by atoms with Crippen LogP contribution >= 0.6 is 0 Å². The molecule has 1 amide bonds. The Bertz CT molecular complexity index is 885. The molecule has 0 bridgehead atoms. The van der Waals surface area contributed by atoms with Crippen molar-refractivity contribution >= 4 is 29.2 Å². The van der Waals surface area contributed by atoms with Crippen molar-refractivity contribution in [2.75, 3.05) is 61.4 Å². The van der Waals surface area contributed by atoms with E-state index in [1.165, 1.54) is 6.20 Å². The van der Waals surface area contributed by atoms with Crippen LogP contribution in [0.15, 0.2) is 30.5 Å². The molecule has 2 fully saturated rings. The van der Waals surface area contributed by atoms with Crippen LogP contribution in [0, 0.1) is 5.82 Å². The summed E-state index contributed by atoms with van der Waals surface area (Å²) in [5, 5.41) is 9.36. The van der Waals surface area contributed by atoms with Crippen LogP contribution in [0.4, 0.5) is 32.3 Å². The molecule has 2 aliphatic rings. The van der Waals surface area contributed by atoms with E-state index in [9.17, 15) is 9.18 Å². The Morgan fingerprint density at radius 3 is 2.80 bits per heavy atom. The number of nitrogens with one attached hydrogen (secondary N) is 3. The molecule has 30 heavy (non-hydrogen) atoms. The van der Waals surface area contributed by atoms with E-state index in [1.54, 1.807) is 11.8 Å². The fourth-order valence-electron chi connectivity index (χ4n) is 3.38. The highest BCUT2D eigenvalue weighted by atomic mass is 19.1. The zero-order valence-corrected chi connectivity index (χ0v) is 16.9. The number of halogens is 1. The number of rotatable bonds is 6. The van der Waals surface area contributed by atoms with Gasteiger partial charge in [-0.25, -0.2) is 14.2 Å². The van der Waals surface area contributed by atoms with Crippen LogP contribution in [0.25, 0.3) is 0 Å². The second kappa shape index (κ2) is 9.12. The second-order valence-corrected chi connectivity index (χ2v) is 7.24. The number of carbonyl (C=O) groups excluding carboxylic acids is 1. The molecule has 1 aromatic heterocycles. The molecule has 0 saturated carbocycles. The van der Waals surface area contributed by atoms with Gasteiger partial charge >= 0.3 is 6.09 Å². The molecule has 4 rings (SSSR count). The van der Waals surface area contributed by atoms with Crippen molar-refractivity contribution in [1.82, 2.24) is 20.2 Å². The van der Waals surface area contributed by atoms with E-state index < -0.39 is 5.82 Å². The first kappa shape index (κ1) is 20.1. The summed E-state index contributed by atoms with van der Waals surface area (Å²) in [6.07, 6.45) is 0.908. The number of anilines is 4. The lowest BCUT2D eigenvalue weighted by Gasteiger charge is -2.35. The second-order valence-electron chi connectivity index (χ2n) is 7.24. The minimum atomic E-state index is -0.472. The normalized spacial score (nSPS) is 16.7. The van der Waals surface area contributed by atoms with E-state index >= 15 is 0 Å². The number of aromatic nitrogens is 2. The largest absolute Gasteiger partial charge is 0.450 e. The van der Waals surface area contributed by atoms with E-state index in [-0.39, 0.29) is 18.0 Å². The molecule has 10 heteroatoms. The first-order chi connectivity index (χ1) is 14.6. The number of nitrogens with zero attached hydrogens (tertiary/aromatic N) is 4. The topological polar surface area (TPSA) is 94.7 Å². The molecule has 0 spiro atoms. The van der Waals surface area contributed by atoms with Gasteiger partial charge < -0.3 is 30.5 Å². The Morgan fingerprint density at radius 1 is 1.30 bits per heavy atom. The first-order valence-electron chi connectivity index (χ1n) is 10.2. The fraction of sp³-hybridized carbons (Fsp3) is 0.450. The van der Waals surface area contributed by atoms with E-state index in [1.807, 2.05) is 24.3 Å². The standard InChI is InChI=1S/C20H26FN7O2/c1-2-30-20(29)28-8-6-27(7-9-28)16-5-3-4-14(10-16)25-19-23-13-17(21)18(26-19)24-15-11-22-12-15/h3-5,10,13,15,22H,2,6-9,11-12H2,1H3,(H2,23,24,25,26). The fourth-order valence-corrected chi connectivity index (χ4v) is 3.38. The molecule has 2 aromatic rings. The summed E-state index contributed by atoms with van der Waals surface area (Å²) in [6.45, 7) is 6.44. The lowest BCUT2D eigenvalue weighted by atomic mass is 10.2. The van der Waals surface area contributed by atoms with Crippen molar-refractivity contribution in [1.29, 1.82) is 0 Å². The maximum Gasteiger partial charge on any atom is 0.409 e. The molecule has 9 nitrogen and oxygen atoms in total. The average molecular weight is 415 g/mol. The van der Waals surface area contributed by atoms with Gasteiger partial charge in [0.2, 0.25) is 5.95 Å². The minimum absolute atomic E-state index is 0.179. The van der Waals surface area contributed by atoms with Crippen LogP contribution in [0.1, 0.15) is 6.92 Å². The van der Waals surface area contributed by atoms with Crippen molar-refractivity contribution < 1.29 is 13.9 Å². The van der Waals surface area contributed by atoms with E-state index in [0.29, 0.717) is 25.6 Å². The number of piperazine rings is 1. The number of ether oxygens (including phenoxy) is 1. The highest BCUT2D eigenvalue weighted by molar-refractivity contribution is 5.68. The summed E-state index contributed by atoms with van der Waals surface area (Å²) in [5.74, 6) is 0.0568. The Labute approximate surface area is 174 Å². The Balaban J connectivity index is 1.39. The molecule has 0 atom stereocenters. The smallest absolute Gasteiger partial charge is 0.409 e. The van der Waals surface area contributed by atoms with Crippen molar-refractivity contribution in [2.24, 2.45) is 0 Å². The number of benzene rings is 1. The van der Waals surface area contributed by atoms with Gasteiger partial charge in [-0.1, -0.05) is 6.07 Å². The van der Waals surface area contributed by atoms with Gasteiger partial charge in [-0.3, -0.25) is 0 Å².